The molecular weight excluding hydrogens is 244 g/mol. The van der Waals surface area contributed by atoms with Crippen LogP contribution in [0.1, 0.15) is 11.1 Å². The zero-order valence-corrected chi connectivity index (χ0v) is 11.8. The third kappa shape index (κ3) is 2.00. The molecule has 3 rings (SSSR count). The second kappa shape index (κ2) is 5.02. The highest BCUT2D eigenvalue weighted by molar-refractivity contribution is 6.10. The predicted molar refractivity (Wildman–Crippen MR) is 85.8 cm³/mol. The van der Waals surface area contributed by atoms with Gasteiger partial charge in [0.05, 0.1) is 0 Å². The second-order valence-corrected chi connectivity index (χ2v) is 5.22. The smallest absolute Gasteiger partial charge is 0.0225 e. The molecule has 1 heteroatoms. The molecule has 3 aromatic carbocycles. The summed E-state index contributed by atoms with van der Waals surface area (Å²) in [6, 6.07) is 18.3. The lowest BCUT2D eigenvalue weighted by Gasteiger charge is -2.12. The van der Waals surface area contributed by atoms with Crippen LogP contribution in [0.5, 0.6) is 0 Å². The number of fused-ring (bicyclic) bond motifs is 2. The summed E-state index contributed by atoms with van der Waals surface area (Å²) in [6.45, 7) is 3.93. The molecule has 0 aliphatic rings. The highest BCUT2D eigenvalue weighted by Gasteiger charge is 2.08. The van der Waals surface area contributed by atoms with Gasteiger partial charge in [-0.05, 0) is 45.2 Å². The molecule has 0 heterocycles. The van der Waals surface area contributed by atoms with Crippen LogP contribution in [0.2, 0.25) is 6.04 Å². The van der Waals surface area contributed by atoms with Crippen LogP contribution in [0.25, 0.3) is 27.6 Å². The van der Waals surface area contributed by atoms with Crippen molar-refractivity contribution in [3.05, 3.63) is 66.2 Å². The average molecular weight is 259 g/mol. The molecule has 3 radical (unpaired) electrons. The molecule has 0 saturated carbocycles. The van der Waals surface area contributed by atoms with Crippen molar-refractivity contribution in [1.29, 1.82) is 0 Å². The van der Waals surface area contributed by atoms with Gasteiger partial charge in [0.2, 0.25) is 0 Å². The first-order valence-corrected chi connectivity index (χ1v) is 7.26. The van der Waals surface area contributed by atoms with E-state index in [4.69, 9.17) is 0 Å². The van der Waals surface area contributed by atoms with Crippen LogP contribution in [-0.2, 0) is 6.42 Å². The third-order valence-electron chi connectivity index (χ3n) is 3.65. The molecule has 0 saturated heterocycles. The van der Waals surface area contributed by atoms with E-state index in [0.29, 0.717) is 0 Å². The van der Waals surface area contributed by atoms with Gasteiger partial charge in [-0.2, -0.15) is 0 Å². The number of hydrogen-bond acceptors (Lipinski definition) is 0. The summed E-state index contributed by atoms with van der Waals surface area (Å²) in [4.78, 5) is 0. The van der Waals surface area contributed by atoms with Gasteiger partial charge < -0.3 is 0 Å². The van der Waals surface area contributed by atoms with Gasteiger partial charge in [0.15, 0.2) is 0 Å². The zero-order valence-electron chi connectivity index (χ0n) is 10.8. The SMILES string of the molecule is C=Cc1cccc2c(CC[Si])c3ccccc3cc12. The van der Waals surface area contributed by atoms with Crippen molar-refractivity contribution in [2.24, 2.45) is 0 Å². The minimum atomic E-state index is 0.974. The minimum Gasteiger partial charge on any atom is -0.0984 e. The van der Waals surface area contributed by atoms with Crippen LogP contribution >= 0.6 is 0 Å². The zero-order chi connectivity index (χ0) is 13.2. The number of aryl methyl sites for hydroxylation is 1. The molecule has 0 atom stereocenters. The van der Waals surface area contributed by atoms with Crippen molar-refractivity contribution >= 4 is 37.9 Å². The van der Waals surface area contributed by atoms with Crippen molar-refractivity contribution in [2.45, 2.75) is 12.5 Å². The van der Waals surface area contributed by atoms with Crippen molar-refractivity contribution in [3.8, 4) is 0 Å². The van der Waals surface area contributed by atoms with E-state index in [9.17, 15) is 0 Å². The monoisotopic (exact) mass is 259 g/mol. The first-order valence-electron chi connectivity index (χ1n) is 6.55. The fourth-order valence-electron chi connectivity index (χ4n) is 2.78. The lowest BCUT2D eigenvalue weighted by molar-refractivity contribution is 1.17. The van der Waals surface area contributed by atoms with Gasteiger partial charge in [-0.1, -0.05) is 61.2 Å². The minimum absolute atomic E-state index is 0.974. The lowest BCUT2D eigenvalue weighted by atomic mass is 9.93. The molecule has 0 N–H and O–H groups in total. The number of hydrogen-bond donors (Lipinski definition) is 0. The Morgan fingerprint density at radius 1 is 0.947 bits per heavy atom. The van der Waals surface area contributed by atoms with Crippen molar-refractivity contribution in [1.82, 2.24) is 0 Å². The first-order chi connectivity index (χ1) is 9.35. The van der Waals surface area contributed by atoms with Gasteiger partial charge >= 0.3 is 0 Å². The van der Waals surface area contributed by atoms with Crippen LogP contribution in [0.3, 0.4) is 0 Å². The Labute approximate surface area is 117 Å². The van der Waals surface area contributed by atoms with Crippen LogP contribution in [0, 0.1) is 0 Å². The molecule has 0 unspecified atom stereocenters. The predicted octanol–water partition coefficient (Wildman–Crippen LogP) is 4.77. The fourth-order valence-corrected chi connectivity index (χ4v) is 3.03. The summed E-state index contributed by atoms with van der Waals surface area (Å²) in [7, 11) is 3.62. The highest BCUT2D eigenvalue weighted by Crippen LogP contribution is 2.31. The largest absolute Gasteiger partial charge is 0.0984 e. The molecule has 0 bridgehead atoms. The van der Waals surface area contributed by atoms with Crippen LogP contribution in [0.15, 0.2) is 55.1 Å². The molecular formula is C18H15Si. The Kier molecular flexibility index (Phi) is 3.22. The molecule has 0 aliphatic carbocycles. The third-order valence-corrected chi connectivity index (χ3v) is 3.90. The molecule has 0 fully saturated rings. The fraction of sp³-hybridized carbons (Fsp3) is 0.111. The number of rotatable bonds is 3. The summed E-state index contributed by atoms with van der Waals surface area (Å²) in [5.41, 5.74) is 2.63. The maximum absolute atomic E-state index is 3.93. The van der Waals surface area contributed by atoms with E-state index in [2.05, 4.69) is 65.4 Å². The van der Waals surface area contributed by atoms with Gasteiger partial charge in [0, 0.05) is 10.2 Å². The molecule has 91 valence electrons. The summed E-state index contributed by atoms with van der Waals surface area (Å²) >= 11 is 0. The van der Waals surface area contributed by atoms with E-state index in [1.54, 1.807) is 0 Å². The summed E-state index contributed by atoms with van der Waals surface area (Å²) < 4.78 is 0. The Bertz CT molecular complexity index is 756. The van der Waals surface area contributed by atoms with E-state index in [1.165, 1.54) is 32.7 Å². The molecule has 3 aromatic rings. The Balaban J connectivity index is 2.50. The van der Waals surface area contributed by atoms with E-state index >= 15 is 0 Å². The van der Waals surface area contributed by atoms with Crippen LogP contribution in [-0.4, -0.2) is 10.2 Å². The van der Waals surface area contributed by atoms with E-state index in [1.807, 2.05) is 6.08 Å². The van der Waals surface area contributed by atoms with Crippen LogP contribution in [0.4, 0.5) is 0 Å². The summed E-state index contributed by atoms with van der Waals surface area (Å²) in [5.74, 6) is 0. The molecule has 0 spiro atoms. The van der Waals surface area contributed by atoms with Crippen LogP contribution < -0.4 is 0 Å². The topological polar surface area (TPSA) is 0 Å². The molecule has 0 amide bonds. The quantitative estimate of drug-likeness (QED) is 0.469. The number of benzene rings is 3. The van der Waals surface area contributed by atoms with Gasteiger partial charge in [0.25, 0.3) is 0 Å². The Morgan fingerprint density at radius 2 is 1.74 bits per heavy atom. The normalized spacial score (nSPS) is 11.0. The maximum Gasteiger partial charge on any atom is 0.0225 e. The average Bonchev–Trinajstić information content (AvgIpc) is 2.46. The van der Waals surface area contributed by atoms with E-state index < -0.39 is 0 Å². The Hall–Kier alpha value is -1.86. The van der Waals surface area contributed by atoms with Gasteiger partial charge in [-0.15, -0.1) is 0 Å². The van der Waals surface area contributed by atoms with Crippen molar-refractivity contribution in [2.75, 3.05) is 0 Å². The van der Waals surface area contributed by atoms with E-state index in [0.717, 1.165) is 12.5 Å². The lowest BCUT2D eigenvalue weighted by Crippen LogP contribution is -1.91. The van der Waals surface area contributed by atoms with Crippen molar-refractivity contribution < 1.29 is 0 Å². The second-order valence-electron chi connectivity index (χ2n) is 4.72. The van der Waals surface area contributed by atoms with E-state index in [-0.39, 0.29) is 0 Å². The van der Waals surface area contributed by atoms with Gasteiger partial charge in [-0.25, -0.2) is 0 Å². The molecule has 19 heavy (non-hydrogen) atoms. The standard InChI is InChI=1S/C18H15Si/c1-2-13-7-5-9-16-17(10-11-19)15-8-4-3-6-14(15)12-18(13)16/h2-9,12H,1,10-11H2. The van der Waals surface area contributed by atoms with Gasteiger partial charge in [-0.3, -0.25) is 0 Å². The Morgan fingerprint density at radius 3 is 2.53 bits per heavy atom. The highest BCUT2D eigenvalue weighted by atomic mass is 28.1. The molecule has 0 aliphatic heterocycles. The summed E-state index contributed by atoms with van der Waals surface area (Å²) in [5, 5.41) is 5.30. The summed E-state index contributed by atoms with van der Waals surface area (Å²) in [6.07, 6.45) is 2.98. The molecule has 0 aromatic heterocycles. The van der Waals surface area contributed by atoms with Gasteiger partial charge in [0.1, 0.15) is 0 Å². The molecule has 0 nitrogen and oxygen atoms in total. The van der Waals surface area contributed by atoms with Crippen molar-refractivity contribution in [3.63, 3.8) is 0 Å². The maximum atomic E-state index is 3.93. The first kappa shape index (κ1) is 12.2.